The molecule has 2 aromatic rings. The van der Waals surface area contributed by atoms with E-state index in [1.165, 1.54) is 6.07 Å². The van der Waals surface area contributed by atoms with Gasteiger partial charge >= 0.3 is 0 Å². The van der Waals surface area contributed by atoms with Crippen LogP contribution in [0, 0.1) is 5.82 Å². The topological polar surface area (TPSA) is 26.0 Å². The summed E-state index contributed by atoms with van der Waals surface area (Å²) in [7, 11) is 0. The van der Waals surface area contributed by atoms with Crippen molar-refractivity contribution in [2.45, 2.75) is 25.3 Å². The molecule has 0 saturated carbocycles. The Balaban J connectivity index is 2.39. The molecule has 2 rings (SSSR count). The normalized spacial score (nSPS) is 14.1. The number of benzene rings is 2. The van der Waals surface area contributed by atoms with E-state index in [4.69, 9.17) is 5.73 Å². The van der Waals surface area contributed by atoms with Gasteiger partial charge in [0.25, 0.3) is 0 Å². The van der Waals surface area contributed by atoms with Gasteiger partial charge in [0.05, 0.1) is 0 Å². The second-order valence-electron chi connectivity index (χ2n) is 4.76. The van der Waals surface area contributed by atoms with Gasteiger partial charge in [-0.1, -0.05) is 59.3 Å². The van der Waals surface area contributed by atoms with Gasteiger partial charge in [0.1, 0.15) is 5.82 Å². The van der Waals surface area contributed by atoms with Crippen LogP contribution in [-0.2, 0) is 12.0 Å². The Bertz CT molecular complexity index is 570. The minimum atomic E-state index is -0.685. The van der Waals surface area contributed by atoms with Crippen molar-refractivity contribution < 1.29 is 4.39 Å². The van der Waals surface area contributed by atoms with Crippen molar-refractivity contribution in [1.29, 1.82) is 0 Å². The summed E-state index contributed by atoms with van der Waals surface area (Å²) in [5, 5.41) is 0. The van der Waals surface area contributed by atoms with Crippen molar-refractivity contribution in [1.82, 2.24) is 0 Å². The molecule has 2 aromatic carbocycles. The van der Waals surface area contributed by atoms with E-state index in [1.807, 2.05) is 37.3 Å². The SMILES string of the molecule is CCC(N)(Cc1ccccc1Br)c1ccccc1F. The molecule has 0 saturated heterocycles. The number of hydrogen-bond acceptors (Lipinski definition) is 1. The first-order valence-corrected chi connectivity index (χ1v) is 7.13. The first-order valence-electron chi connectivity index (χ1n) is 6.34. The third-order valence-corrected chi connectivity index (χ3v) is 4.28. The summed E-state index contributed by atoms with van der Waals surface area (Å²) in [4.78, 5) is 0. The molecule has 100 valence electrons. The molecular formula is C16H17BrFN. The van der Waals surface area contributed by atoms with Gasteiger partial charge in [-0.3, -0.25) is 0 Å². The second-order valence-corrected chi connectivity index (χ2v) is 5.61. The van der Waals surface area contributed by atoms with Crippen LogP contribution in [0.25, 0.3) is 0 Å². The van der Waals surface area contributed by atoms with Gasteiger partial charge < -0.3 is 5.73 Å². The average Bonchev–Trinajstić information content (AvgIpc) is 2.42. The fraction of sp³-hybridized carbons (Fsp3) is 0.250. The van der Waals surface area contributed by atoms with Crippen molar-refractivity contribution in [2.75, 3.05) is 0 Å². The number of rotatable bonds is 4. The Morgan fingerprint density at radius 2 is 1.74 bits per heavy atom. The zero-order valence-corrected chi connectivity index (χ0v) is 12.5. The van der Waals surface area contributed by atoms with Gasteiger partial charge in [-0.2, -0.15) is 0 Å². The average molecular weight is 322 g/mol. The highest BCUT2D eigenvalue weighted by molar-refractivity contribution is 9.10. The molecule has 0 bridgehead atoms. The highest BCUT2D eigenvalue weighted by Gasteiger charge is 2.29. The zero-order valence-electron chi connectivity index (χ0n) is 10.9. The van der Waals surface area contributed by atoms with Crippen molar-refractivity contribution in [3.05, 3.63) is 69.9 Å². The molecule has 0 aliphatic heterocycles. The van der Waals surface area contributed by atoms with E-state index in [2.05, 4.69) is 15.9 Å². The number of nitrogens with two attached hydrogens (primary N) is 1. The largest absolute Gasteiger partial charge is 0.321 e. The van der Waals surface area contributed by atoms with E-state index < -0.39 is 5.54 Å². The minimum absolute atomic E-state index is 0.237. The summed E-state index contributed by atoms with van der Waals surface area (Å²) in [6.07, 6.45) is 1.28. The molecule has 0 radical (unpaired) electrons. The van der Waals surface area contributed by atoms with Crippen LogP contribution in [0.15, 0.2) is 53.0 Å². The number of hydrogen-bond donors (Lipinski definition) is 1. The first kappa shape index (κ1) is 14.2. The summed E-state index contributed by atoms with van der Waals surface area (Å²) in [5.74, 6) is -0.237. The van der Waals surface area contributed by atoms with Crippen LogP contribution in [-0.4, -0.2) is 0 Å². The third kappa shape index (κ3) is 3.04. The quantitative estimate of drug-likeness (QED) is 0.887. The molecule has 1 atom stereocenters. The minimum Gasteiger partial charge on any atom is -0.321 e. The van der Waals surface area contributed by atoms with Crippen LogP contribution in [0.2, 0.25) is 0 Å². The van der Waals surface area contributed by atoms with E-state index in [1.54, 1.807) is 12.1 Å². The van der Waals surface area contributed by atoms with E-state index in [9.17, 15) is 4.39 Å². The second kappa shape index (κ2) is 5.85. The molecule has 1 unspecified atom stereocenters. The lowest BCUT2D eigenvalue weighted by molar-refractivity contribution is 0.402. The Hall–Kier alpha value is -1.19. The molecule has 3 heteroatoms. The van der Waals surface area contributed by atoms with Gasteiger partial charge in [-0.15, -0.1) is 0 Å². The Morgan fingerprint density at radius 3 is 2.37 bits per heavy atom. The molecule has 0 fully saturated rings. The van der Waals surface area contributed by atoms with Crippen molar-refractivity contribution in [3.8, 4) is 0 Å². The predicted molar refractivity (Wildman–Crippen MR) is 80.4 cm³/mol. The van der Waals surface area contributed by atoms with E-state index in [-0.39, 0.29) is 5.82 Å². The van der Waals surface area contributed by atoms with Crippen LogP contribution in [0.5, 0.6) is 0 Å². The summed E-state index contributed by atoms with van der Waals surface area (Å²) in [6, 6.07) is 14.7. The number of halogens is 2. The highest BCUT2D eigenvalue weighted by atomic mass is 79.9. The van der Waals surface area contributed by atoms with E-state index >= 15 is 0 Å². The molecular weight excluding hydrogens is 305 g/mol. The molecule has 1 nitrogen and oxygen atoms in total. The highest BCUT2D eigenvalue weighted by Crippen LogP contribution is 2.31. The molecule has 0 heterocycles. The maximum atomic E-state index is 14.0. The summed E-state index contributed by atoms with van der Waals surface area (Å²) in [5.41, 5.74) is 7.44. The Morgan fingerprint density at radius 1 is 1.11 bits per heavy atom. The lowest BCUT2D eigenvalue weighted by Crippen LogP contribution is -2.39. The van der Waals surface area contributed by atoms with E-state index in [0.29, 0.717) is 18.4 Å². The van der Waals surface area contributed by atoms with Gasteiger partial charge in [-0.05, 0) is 30.5 Å². The Kier molecular flexibility index (Phi) is 4.38. The van der Waals surface area contributed by atoms with E-state index in [0.717, 1.165) is 10.0 Å². The van der Waals surface area contributed by atoms with Crippen LogP contribution >= 0.6 is 15.9 Å². The lowest BCUT2D eigenvalue weighted by atomic mass is 9.82. The zero-order chi connectivity index (χ0) is 13.9. The molecule has 0 amide bonds. The fourth-order valence-corrected chi connectivity index (χ4v) is 2.68. The van der Waals surface area contributed by atoms with Crippen molar-refractivity contribution >= 4 is 15.9 Å². The fourth-order valence-electron chi connectivity index (χ4n) is 2.26. The summed E-state index contributed by atoms with van der Waals surface area (Å²) in [6.45, 7) is 1.99. The third-order valence-electron chi connectivity index (χ3n) is 3.50. The van der Waals surface area contributed by atoms with Crippen LogP contribution in [0.1, 0.15) is 24.5 Å². The summed E-state index contributed by atoms with van der Waals surface area (Å²) < 4.78 is 15.0. The van der Waals surface area contributed by atoms with Gasteiger partial charge in [0, 0.05) is 15.6 Å². The lowest BCUT2D eigenvalue weighted by Gasteiger charge is -2.29. The maximum absolute atomic E-state index is 14.0. The molecule has 0 aliphatic carbocycles. The predicted octanol–water partition coefficient (Wildman–Crippen LogP) is 4.39. The summed E-state index contributed by atoms with van der Waals surface area (Å²) >= 11 is 3.52. The maximum Gasteiger partial charge on any atom is 0.128 e. The van der Waals surface area contributed by atoms with Gasteiger partial charge in [0.2, 0.25) is 0 Å². The molecule has 0 aromatic heterocycles. The van der Waals surface area contributed by atoms with Gasteiger partial charge in [-0.25, -0.2) is 4.39 Å². The Labute approximate surface area is 121 Å². The van der Waals surface area contributed by atoms with Crippen LogP contribution in [0.4, 0.5) is 4.39 Å². The standard InChI is InChI=1S/C16H17BrFN/c1-2-16(19,13-8-4-6-10-15(13)18)11-12-7-3-5-9-14(12)17/h3-10H,2,11,19H2,1H3. The monoisotopic (exact) mass is 321 g/mol. The smallest absolute Gasteiger partial charge is 0.128 e. The van der Waals surface area contributed by atoms with Crippen molar-refractivity contribution in [3.63, 3.8) is 0 Å². The molecule has 0 aliphatic rings. The first-order chi connectivity index (χ1) is 9.07. The molecule has 0 spiro atoms. The molecule has 19 heavy (non-hydrogen) atoms. The van der Waals surface area contributed by atoms with Crippen molar-refractivity contribution in [2.24, 2.45) is 5.73 Å². The molecule has 2 N–H and O–H groups in total. The van der Waals surface area contributed by atoms with Gasteiger partial charge in [0.15, 0.2) is 0 Å². The van der Waals surface area contributed by atoms with Crippen LogP contribution < -0.4 is 5.73 Å². The van der Waals surface area contributed by atoms with Crippen LogP contribution in [0.3, 0.4) is 0 Å².